The number of aliphatic hydroxyl groups excluding tert-OH is 2. The highest BCUT2D eigenvalue weighted by Crippen LogP contribution is 2.58. The number of phenols is 1. The highest BCUT2D eigenvalue weighted by Gasteiger charge is 2.57. The molecule has 1 saturated heterocycles. The van der Waals surface area contributed by atoms with Crippen LogP contribution in [0.2, 0.25) is 0 Å². The number of aromatic hydroxyl groups is 1. The smallest absolute Gasteiger partial charge is 0.162 e. The number of likely N-dealkylation sites (N-methyl/N-ethyl adjacent to an activating group) is 1. The topological polar surface area (TPSA) is 82.4 Å². The van der Waals surface area contributed by atoms with Crippen LogP contribution >= 0.6 is 0 Å². The van der Waals surface area contributed by atoms with Crippen LogP contribution in [0.1, 0.15) is 24.0 Å². The minimum Gasteiger partial charge on any atom is -0.504 e. The minimum absolute atomic E-state index is 0.0890. The number of hydrogen-bond donors (Lipinski definition) is 3. The molecule has 3 N–H and O–H groups in total. The zero-order chi connectivity index (χ0) is 17.9. The molecule has 0 unspecified atom stereocenters. The van der Waals surface area contributed by atoms with Crippen molar-refractivity contribution in [1.29, 1.82) is 0 Å². The van der Waals surface area contributed by atoms with Gasteiger partial charge in [0.2, 0.25) is 0 Å². The minimum atomic E-state index is -1.03. The maximum absolute atomic E-state index is 10.9. The Morgan fingerprint density at radius 3 is 2.64 bits per heavy atom. The van der Waals surface area contributed by atoms with E-state index in [0.717, 1.165) is 36.1 Å². The molecule has 2 aliphatic carbocycles. The van der Waals surface area contributed by atoms with Crippen molar-refractivity contribution in [3.05, 3.63) is 34.6 Å². The van der Waals surface area contributed by atoms with Gasteiger partial charge in [0, 0.05) is 17.0 Å². The van der Waals surface area contributed by atoms with E-state index in [1.165, 1.54) is 14.2 Å². The van der Waals surface area contributed by atoms with Crippen molar-refractivity contribution in [3.63, 3.8) is 0 Å². The molecule has 4 atom stereocenters. The Morgan fingerprint density at radius 1 is 1.20 bits per heavy atom. The highest BCUT2D eigenvalue weighted by atomic mass is 16.5. The van der Waals surface area contributed by atoms with Crippen molar-refractivity contribution in [3.8, 4) is 11.5 Å². The largest absolute Gasteiger partial charge is 0.504 e. The van der Waals surface area contributed by atoms with Gasteiger partial charge in [-0.2, -0.15) is 0 Å². The molecule has 1 aliphatic heterocycles. The fourth-order valence-corrected chi connectivity index (χ4v) is 5.15. The summed E-state index contributed by atoms with van der Waals surface area (Å²) in [6, 6.07) is 3.88. The van der Waals surface area contributed by atoms with E-state index in [1.807, 2.05) is 6.07 Å². The Morgan fingerprint density at radius 2 is 1.96 bits per heavy atom. The number of aliphatic hydroxyl groups is 2. The van der Waals surface area contributed by atoms with Crippen LogP contribution in [0.5, 0.6) is 11.5 Å². The van der Waals surface area contributed by atoms with E-state index in [0.29, 0.717) is 17.9 Å². The molecule has 3 aliphatic rings. The van der Waals surface area contributed by atoms with Crippen LogP contribution in [-0.2, 0) is 16.6 Å². The van der Waals surface area contributed by atoms with E-state index >= 15 is 0 Å². The number of hydrogen-bond acceptors (Lipinski definition) is 6. The van der Waals surface area contributed by atoms with E-state index in [9.17, 15) is 15.3 Å². The van der Waals surface area contributed by atoms with Gasteiger partial charge in [0.1, 0.15) is 11.9 Å². The first-order chi connectivity index (χ1) is 11.9. The van der Waals surface area contributed by atoms with E-state index in [1.54, 1.807) is 6.07 Å². The van der Waals surface area contributed by atoms with Gasteiger partial charge in [-0.05, 0) is 50.1 Å². The third-order valence-electron chi connectivity index (χ3n) is 6.29. The van der Waals surface area contributed by atoms with E-state index in [4.69, 9.17) is 9.47 Å². The fraction of sp³-hybridized carbons (Fsp3) is 0.579. The lowest BCUT2D eigenvalue weighted by Gasteiger charge is -2.56. The fourth-order valence-electron chi connectivity index (χ4n) is 5.15. The molecule has 2 bridgehead atoms. The molecule has 0 amide bonds. The molecule has 0 aromatic heterocycles. The Bertz CT molecular complexity index is 746. The normalized spacial score (nSPS) is 34.4. The predicted molar refractivity (Wildman–Crippen MR) is 91.7 cm³/mol. The molecular formula is C19H25NO5. The van der Waals surface area contributed by atoms with Crippen LogP contribution in [0.4, 0.5) is 0 Å². The van der Waals surface area contributed by atoms with Gasteiger partial charge in [-0.3, -0.25) is 4.90 Å². The van der Waals surface area contributed by atoms with Crippen molar-refractivity contribution in [2.24, 2.45) is 0 Å². The highest BCUT2D eigenvalue weighted by molar-refractivity contribution is 5.62. The first-order valence-electron chi connectivity index (χ1n) is 8.68. The maximum Gasteiger partial charge on any atom is 0.162 e. The Kier molecular flexibility index (Phi) is 3.76. The van der Waals surface area contributed by atoms with Crippen molar-refractivity contribution in [2.75, 3.05) is 27.8 Å². The van der Waals surface area contributed by atoms with Gasteiger partial charge in [-0.15, -0.1) is 0 Å². The first-order valence-corrected chi connectivity index (χ1v) is 8.68. The molecule has 1 aromatic carbocycles. The number of likely N-dealkylation sites (tertiary alicyclic amines) is 1. The molecule has 1 heterocycles. The number of nitrogens with zero attached hydrogens (tertiary/aromatic N) is 1. The number of methoxy groups -OCH3 is 2. The third kappa shape index (κ3) is 2.08. The van der Waals surface area contributed by atoms with Gasteiger partial charge < -0.3 is 24.8 Å². The number of phenolic OH excluding ortho intramolecular Hbond substituents is 1. The summed E-state index contributed by atoms with van der Waals surface area (Å²) >= 11 is 0. The SMILES string of the molecule is COC1=C2[C@H]3Cc4ccc(OC)c(O)c4[C@@]2(CCN3C)C[C@H](O)[C@@H]1O. The number of ether oxygens (including phenoxy) is 2. The molecule has 1 fully saturated rings. The molecular weight excluding hydrogens is 322 g/mol. The van der Waals surface area contributed by atoms with Crippen molar-refractivity contribution in [2.45, 2.75) is 42.9 Å². The average molecular weight is 347 g/mol. The zero-order valence-electron chi connectivity index (χ0n) is 14.8. The second-order valence-electron chi connectivity index (χ2n) is 7.38. The van der Waals surface area contributed by atoms with Crippen molar-refractivity contribution in [1.82, 2.24) is 4.90 Å². The second kappa shape index (κ2) is 5.62. The summed E-state index contributed by atoms with van der Waals surface area (Å²) in [7, 11) is 5.14. The quantitative estimate of drug-likeness (QED) is 0.738. The number of piperidine rings is 1. The van der Waals surface area contributed by atoms with E-state index < -0.39 is 17.6 Å². The standard InChI is InChI=1S/C19H25NO5/c1-20-7-6-19-9-12(21)16(22)18(25-3)15(19)11(20)8-10-4-5-13(24-2)17(23)14(10)19/h4-5,11-12,16,21-23H,6-9H2,1-3H3/t11-,12+,16+,19-/m1/s1. The molecule has 0 saturated carbocycles. The predicted octanol–water partition coefficient (Wildman–Crippen LogP) is 0.925. The summed E-state index contributed by atoms with van der Waals surface area (Å²) in [6.45, 7) is 0.851. The molecule has 0 spiro atoms. The molecule has 6 heteroatoms. The lowest BCUT2D eigenvalue weighted by Crippen LogP contribution is -2.59. The van der Waals surface area contributed by atoms with Crippen LogP contribution in [0.3, 0.4) is 0 Å². The van der Waals surface area contributed by atoms with Crippen molar-refractivity contribution < 1.29 is 24.8 Å². The Balaban J connectivity index is 2.05. The number of benzene rings is 1. The summed E-state index contributed by atoms with van der Waals surface area (Å²) in [5.74, 6) is 1.02. The monoisotopic (exact) mass is 347 g/mol. The number of rotatable bonds is 2. The second-order valence-corrected chi connectivity index (χ2v) is 7.38. The van der Waals surface area contributed by atoms with Crippen molar-refractivity contribution >= 4 is 0 Å². The van der Waals surface area contributed by atoms with Crippen LogP contribution < -0.4 is 4.74 Å². The third-order valence-corrected chi connectivity index (χ3v) is 6.29. The van der Waals surface area contributed by atoms with Gasteiger partial charge in [0.15, 0.2) is 11.5 Å². The van der Waals surface area contributed by atoms with Gasteiger partial charge in [0.25, 0.3) is 0 Å². The van der Waals surface area contributed by atoms with Crippen LogP contribution in [0, 0.1) is 0 Å². The van der Waals surface area contributed by atoms with Gasteiger partial charge >= 0.3 is 0 Å². The van der Waals surface area contributed by atoms with Crippen LogP contribution in [0.25, 0.3) is 0 Å². The van der Waals surface area contributed by atoms with Gasteiger partial charge in [-0.25, -0.2) is 0 Å². The summed E-state index contributed by atoms with van der Waals surface area (Å²) in [4.78, 5) is 2.27. The maximum atomic E-state index is 10.9. The summed E-state index contributed by atoms with van der Waals surface area (Å²) in [5.41, 5.74) is 2.36. The Labute approximate surface area is 147 Å². The summed E-state index contributed by atoms with van der Waals surface area (Å²) < 4.78 is 10.9. The average Bonchev–Trinajstić information content (AvgIpc) is 2.59. The van der Waals surface area contributed by atoms with Gasteiger partial charge in [0.05, 0.1) is 20.3 Å². The summed E-state index contributed by atoms with van der Waals surface area (Å²) in [5, 5.41) is 31.9. The molecule has 6 nitrogen and oxygen atoms in total. The molecule has 1 aromatic rings. The molecule has 0 radical (unpaired) electrons. The zero-order valence-corrected chi connectivity index (χ0v) is 14.8. The molecule has 136 valence electrons. The molecule has 4 rings (SSSR count). The van der Waals surface area contributed by atoms with Crippen LogP contribution in [0.15, 0.2) is 23.5 Å². The lowest BCUT2D eigenvalue weighted by atomic mass is 9.55. The molecule has 25 heavy (non-hydrogen) atoms. The van der Waals surface area contributed by atoms with E-state index in [2.05, 4.69) is 11.9 Å². The first kappa shape index (κ1) is 16.7. The lowest BCUT2D eigenvalue weighted by molar-refractivity contribution is -0.0334. The summed E-state index contributed by atoms with van der Waals surface area (Å²) in [6.07, 6.45) is -0.111. The van der Waals surface area contributed by atoms with Gasteiger partial charge in [-0.1, -0.05) is 6.07 Å². The van der Waals surface area contributed by atoms with E-state index in [-0.39, 0.29) is 11.8 Å². The van der Waals surface area contributed by atoms with Crippen LogP contribution in [-0.4, -0.2) is 66.3 Å². The Hall–Kier alpha value is -1.76. The number of fused-ring (bicyclic) bond motifs is 1.